The molecule has 0 fully saturated rings. The first kappa shape index (κ1) is 22.4. The third kappa shape index (κ3) is 6.95. The van der Waals surface area contributed by atoms with Gasteiger partial charge in [-0.2, -0.15) is 0 Å². The lowest BCUT2D eigenvalue weighted by molar-refractivity contribution is 0.354. The molecule has 2 aromatic rings. The summed E-state index contributed by atoms with van der Waals surface area (Å²) in [6, 6.07) is 14.2. The molecule has 7 heteroatoms. The van der Waals surface area contributed by atoms with E-state index in [0.717, 1.165) is 29.0 Å². The Labute approximate surface area is 176 Å². The molecular weight excluding hydrogens is 461 g/mol. The second-order valence-corrected chi connectivity index (χ2v) is 6.30. The third-order valence-corrected chi connectivity index (χ3v) is 4.50. The second kappa shape index (κ2) is 11.9. The molecular formula is C19H26IN3O2S. The van der Waals surface area contributed by atoms with Crippen LogP contribution in [0.5, 0.6) is 11.5 Å². The minimum Gasteiger partial charge on any atom is -0.493 e. The number of methoxy groups -OCH3 is 2. The van der Waals surface area contributed by atoms with E-state index in [0.29, 0.717) is 19.0 Å². The topological polar surface area (TPSA) is 68.9 Å². The molecule has 0 heterocycles. The Morgan fingerprint density at radius 3 is 2.31 bits per heavy atom. The number of nitrogens with one attached hydrogen (secondary N) is 1. The average Bonchev–Trinajstić information content (AvgIpc) is 2.66. The number of thioether (sulfide) groups is 1. The minimum absolute atomic E-state index is 0. The van der Waals surface area contributed by atoms with Crippen molar-refractivity contribution in [3.8, 4) is 11.5 Å². The van der Waals surface area contributed by atoms with Gasteiger partial charge in [0.2, 0.25) is 0 Å². The molecule has 0 bridgehead atoms. The fourth-order valence-corrected chi connectivity index (χ4v) is 2.74. The lowest BCUT2D eigenvalue weighted by Gasteiger charge is -2.10. The Hall–Kier alpha value is -1.61. The molecule has 2 rings (SSSR count). The largest absolute Gasteiger partial charge is 0.493 e. The molecule has 0 aliphatic rings. The zero-order valence-electron chi connectivity index (χ0n) is 15.3. The van der Waals surface area contributed by atoms with E-state index >= 15 is 0 Å². The van der Waals surface area contributed by atoms with Gasteiger partial charge in [-0.3, -0.25) is 0 Å². The molecule has 0 spiro atoms. The lowest BCUT2D eigenvalue weighted by Crippen LogP contribution is -2.33. The zero-order chi connectivity index (χ0) is 18.1. The highest BCUT2D eigenvalue weighted by molar-refractivity contribution is 14.0. The summed E-state index contributed by atoms with van der Waals surface area (Å²) in [4.78, 5) is 5.62. The van der Waals surface area contributed by atoms with Crippen molar-refractivity contribution in [1.29, 1.82) is 0 Å². The van der Waals surface area contributed by atoms with Gasteiger partial charge in [0.25, 0.3) is 0 Å². The summed E-state index contributed by atoms with van der Waals surface area (Å²) in [5, 5.41) is 3.14. The van der Waals surface area contributed by atoms with Crippen LogP contribution in [0.1, 0.15) is 11.1 Å². The molecule has 0 unspecified atom stereocenters. The maximum Gasteiger partial charge on any atom is 0.188 e. The van der Waals surface area contributed by atoms with E-state index in [2.05, 4.69) is 40.8 Å². The van der Waals surface area contributed by atoms with Crippen molar-refractivity contribution in [2.75, 3.05) is 27.0 Å². The monoisotopic (exact) mass is 487 g/mol. The van der Waals surface area contributed by atoms with Crippen LogP contribution < -0.4 is 20.5 Å². The van der Waals surface area contributed by atoms with Crippen LogP contribution in [-0.2, 0) is 13.0 Å². The summed E-state index contributed by atoms with van der Waals surface area (Å²) in [6.07, 6.45) is 2.88. The molecule has 0 saturated carbocycles. The first-order valence-corrected chi connectivity index (χ1v) is 9.26. The Balaban J connectivity index is 0.00000338. The highest BCUT2D eigenvalue weighted by atomic mass is 127. The van der Waals surface area contributed by atoms with Crippen molar-refractivity contribution < 1.29 is 9.47 Å². The summed E-state index contributed by atoms with van der Waals surface area (Å²) in [7, 11) is 3.27. The summed E-state index contributed by atoms with van der Waals surface area (Å²) in [6.45, 7) is 1.28. The van der Waals surface area contributed by atoms with Crippen molar-refractivity contribution in [3.63, 3.8) is 0 Å². The lowest BCUT2D eigenvalue weighted by atomic mass is 10.1. The zero-order valence-corrected chi connectivity index (χ0v) is 18.5. The molecule has 0 aliphatic carbocycles. The highest BCUT2D eigenvalue weighted by Crippen LogP contribution is 2.27. The van der Waals surface area contributed by atoms with E-state index in [1.54, 1.807) is 26.0 Å². The van der Waals surface area contributed by atoms with Gasteiger partial charge in [-0.05, 0) is 48.1 Å². The smallest absolute Gasteiger partial charge is 0.188 e. The first-order chi connectivity index (χ1) is 12.2. The van der Waals surface area contributed by atoms with Crippen LogP contribution in [0, 0.1) is 0 Å². The van der Waals surface area contributed by atoms with Crippen molar-refractivity contribution in [2.24, 2.45) is 10.7 Å². The number of ether oxygens (including phenoxy) is 2. The molecule has 0 saturated heterocycles. The van der Waals surface area contributed by atoms with Crippen LogP contribution in [0.15, 0.2) is 52.4 Å². The van der Waals surface area contributed by atoms with Crippen molar-refractivity contribution in [2.45, 2.75) is 17.9 Å². The maximum atomic E-state index is 5.93. The van der Waals surface area contributed by atoms with Crippen LogP contribution in [0.4, 0.5) is 0 Å². The quantitative estimate of drug-likeness (QED) is 0.257. The molecule has 0 amide bonds. The Morgan fingerprint density at radius 2 is 1.69 bits per heavy atom. The number of nitrogens with zero attached hydrogens (tertiary/aromatic N) is 1. The van der Waals surface area contributed by atoms with E-state index in [9.17, 15) is 0 Å². The number of guanidine groups is 1. The summed E-state index contributed by atoms with van der Waals surface area (Å²) >= 11 is 1.73. The van der Waals surface area contributed by atoms with Gasteiger partial charge < -0.3 is 20.5 Å². The van der Waals surface area contributed by atoms with Gasteiger partial charge in [-0.25, -0.2) is 4.99 Å². The van der Waals surface area contributed by atoms with Gasteiger partial charge >= 0.3 is 0 Å². The summed E-state index contributed by atoms with van der Waals surface area (Å²) in [5.41, 5.74) is 8.22. The molecule has 0 aliphatic heterocycles. The SMILES string of the molecule is COc1ccc(CCNC(N)=NCc2ccc(SC)cc2)cc1OC.I. The van der Waals surface area contributed by atoms with Gasteiger partial charge in [-0.1, -0.05) is 18.2 Å². The Bertz CT molecular complexity index is 708. The van der Waals surface area contributed by atoms with Gasteiger partial charge in [-0.15, -0.1) is 35.7 Å². The molecule has 5 nitrogen and oxygen atoms in total. The Morgan fingerprint density at radius 1 is 1.04 bits per heavy atom. The van der Waals surface area contributed by atoms with Crippen LogP contribution >= 0.6 is 35.7 Å². The molecule has 0 radical (unpaired) electrons. The van der Waals surface area contributed by atoms with Gasteiger partial charge in [0.1, 0.15) is 0 Å². The Kier molecular flexibility index (Phi) is 10.3. The fraction of sp³-hybridized carbons (Fsp3) is 0.316. The van der Waals surface area contributed by atoms with E-state index in [-0.39, 0.29) is 24.0 Å². The van der Waals surface area contributed by atoms with Crippen LogP contribution in [0.2, 0.25) is 0 Å². The number of rotatable bonds is 8. The molecule has 142 valence electrons. The number of halogens is 1. The van der Waals surface area contributed by atoms with Crippen LogP contribution in [0.25, 0.3) is 0 Å². The molecule has 2 aromatic carbocycles. The van der Waals surface area contributed by atoms with Crippen molar-refractivity contribution >= 4 is 41.7 Å². The van der Waals surface area contributed by atoms with Gasteiger partial charge in [0.05, 0.1) is 20.8 Å². The van der Waals surface area contributed by atoms with E-state index in [1.807, 2.05) is 18.2 Å². The van der Waals surface area contributed by atoms with E-state index in [4.69, 9.17) is 15.2 Å². The number of benzene rings is 2. The fourth-order valence-electron chi connectivity index (χ4n) is 2.33. The van der Waals surface area contributed by atoms with Crippen molar-refractivity contribution in [3.05, 3.63) is 53.6 Å². The molecule has 3 N–H and O–H groups in total. The molecule has 0 aromatic heterocycles. The summed E-state index contributed by atoms with van der Waals surface area (Å²) in [5.74, 6) is 1.91. The van der Waals surface area contributed by atoms with Crippen LogP contribution in [-0.4, -0.2) is 33.0 Å². The normalized spacial score (nSPS) is 10.8. The number of hydrogen-bond donors (Lipinski definition) is 2. The molecule has 0 atom stereocenters. The number of hydrogen-bond acceptors (Lipinski definition) is 4. The average molecular weight is 487 g/mol. The minimum atomic E-state index is 0. The van der Waals surface area contributed by atoms with Gasteiger partial charge in [0.15, 0.2) is 17.5 Å². The highest BCUT2D eigenvalue weighted by Gasteiger charge is 2.04. The number of nitrogens with two attached hydrogens (primary N) is 1. The maximum absolute atomic E-state index is 5.93. The summed E-state index contributed by atoms with van der Waals surface area (Å²) < 4.78 is 10.6. The standard InChI is InChI=1S/C19H25N3O2S.HI/c1-23-17-9-6-14(12-18(17)24-2)10-11-21-19(20)22-13-15-4-7-16(25-3)8-5-15;/h4-9,12H,10-11,13H2,1-3H3,(H3,20,21,22);1H. The van der Waals surface area contributed by atoms with E-state index < -0.39 is 0 Å². The number of aliphatic imine (C=N–C) groups is 1. The second-order valence-electron chi connectivity index (χ2n) is 5.42. The van der Waals surface area contributed by atoms with Gasteiger partial charge in [0, 0.05) is 11.4 Å². The predicted octanol–water partition coefficient (Wildman–Crippen LogP) is 3.69. The van der Waals surface area contributed by atoms with Crippen molar-refractivity contribution in [1.82, 2.24) is 5.32 Å². The molecule has 26 heavy (non-hydrogen) atoms. The van der Waals surface area contributed by atoms with Crippen LogP contribution in [0.3, 0.4) is 0 Å². The first-order valence-electron chi connectivity index (χ1n) is 8.04. The third-order valence-electron chi connectivity index (χ3n) is 3.76. The van der Waals surface area contributed by atoms with E-state index in [1.165, 1.54) is 4.90 Å². The predicted molar refractivity (Wildman–Crippen MR) is 120 cm³/mol.